The Bertz CT molecular complexity index is 540. The molecule has 1 heterocycles. The highest BCUT2D eigenvalue weighted by Crippen LogP contribution is 2.34. The Kier molecular flexibility index (Phi) is 3.36. The molecule has 0 bridgehead atoms. The fourth-order valence-corrected chi connectivity index (χ4v) is 2.01. The molecule has 0 radical (unpaired) electrons. The van der Waals surface area contributed by atoms with Crippen LogP contribution in [0.3, 0.4) is 0 Å². The lowest BCUT2D eigenvalue weighted by atomic mass is 10.1. The zero-order valence-corrected chi connectivity index (χ0v) is 10.5. The summed E-state index contributed by atoms with van der Waals surface area (Å²) in [7, 11) is 1.50. The van der Waals surface area contributed by atoms with Crippen molar-refractivity contribution < 1.29 is 4.74 Å². The normalized spacial score (nSPS) is 10.3. The molecule has 17 heavy (non-hydrogen) atoms. The summed E-state index contributed by atoms with van der Waals surface area (Å²) in [5.74, 6) is 0.680. The Morgan fingerprint density at radius 2 is 1.76 bits per heavy atom. The molecule has 0 aliphatic heterocycles. The lowest BCUT2D eigenvalue weighted by Gasteiger charge is -2.09. The average molecular weight is 270 g/mol. The van der Waals surface area contributed by atoms with Gasteiger partial charge in [0.2, 0.25) is 0 Å². The van der Waals surface area contributed by atoms with Crippen LogP contribution in [-0.4, -0.2) is 17.1 Å². The highest BCUT2D eigenvalue weighted by Gasteiger charge is 2.12. The smallest absolute Gasteiger partial charge is 0.187 e. The van der Waals surface area contributed by atoms with E-state index in [1.54, 1.807) is 18.2 Å². The first kappa shape index (κ1) is 12.0. The Balaban J connectivity index is 2.63. The summed E-state index contributed by atoms with van der Waals surface area (Å²) < 4.78 is 5.17. The second-order valence-corrected chi connectivity index (χ2v) is 4.17. The van der Waals surface area contributed by atoms with Gasteiger partial charge in [-0.3, -0.25) is 0 Å². The van der Waals surface area contributed by atoms with E-state index in [1.165, 1.54) is 13.4 Å². The first-order chi connectivity index (χ1) is 8.11. The van der Waals surface area contributed by atoms with Crippen LogP contribution in [0.2, 0.25) is 10.0 Å². The zero-order chi connectivity index (χ0) is 12.4. The molecule has 1 aromatic heterocycles. The third kappa shape index (κ3) is 2.43. The van der Waals surface area contributed by atoms with Crippen molar-refractivity contribution >= 4 is 29.0 Å². The minimum absolute atomic E-state index is 0.272. The molecule has 0 fully saturated rings. The van der Waals surface area contributed by atoms with E-state index in [0.29, 0.717) is 21.5 Å². The highest BCUT2D eigenvalue weighted by atomic mass is 35.5. The van der Waals surface area contributed by atoms with E-state index in [9.17, 15) is 0 Å². The largest absolute Gasteiger partial charge is 0.491 e. The average Bonchev–Trinajstić information content (AvgIpc) is 2.27. The lowest BCUT2D eigenvalue weighted by Crippen LogP contribution is -1.99. The van der Waals surface area contributed by atoms with Crippen molar-refractivity contribution in [2.45, 2.75) is 0 Å². The van der Waals surface area contributed by atoms with Crippen LogP contribution in [0, 0.1) is 0 Å². The van der Waals surface area contributed by atoms with Crippen molar-refractivity contribution in [3.8, 4) is 17.0 Å². The van der Waals surface area contributed by atoms with Crippen molar-refractivity contribution in [2.75, 3.05) is 12.8 Å². The van der Waals surface area contributed by atoms with Crippen LogP contribution in [-0.2, 0) is 0 Å². The van der Waals surface area contributed by atoms with Crippen molar-refractivity contribution in [3.63, 3.8) is 0 Å². The monoisotopic (exact) mass is 269 g/mol. The number of aromatic nitrogens is 2. The van der Waals surface area contributed by atoms with Crippen LogP contribution in [0.15, 0.2) is 24.5 Å². The van der Waals surface area contributed by atoms with Gasteiger partial charge in [0.25, 0.3) is 0 Å². The first-order valence-corrected chi connectivity index (χ1v) is 5.48. The van der Waals surface area contributed by atoms with Crippen LogP contribution >= 0.6 is 23.2 Å². The van der Waals surface area contributed by atoms with E-state index in [1.807, 2.05) is 0 Å². The SMILES string of the molecule is COc1c(N)ncnc1-c1cc(Cl)cc(Cl)c1. The fourth-order valence-electron chi connectivity index (χ4n) is 1.48. The molecule has 0 unspecified atom stereocenters. The minimum Gasteiger partial charge on any atom is -0.491 e. The highest BCUT2D eigenvalue weighted by molar-refractivity contribution is 6.35. The third-order valence-electron chi connectivity index (χ3n) is 2.17. The summed E-state index contributed by atoms with van der Waals surface area (Å²) in [4.78, 5) is 7.99. The number of anilines is 1. The minimum atomic E-state index is 0.272. The molecule has 0 aliphatic carbocycles. The van der Waals surface area contributed by atoms with E-state index >= 15 is 0 Å². The number of hydrogen-bond acceptors (Lipinski definition) is 4. The summed E-state index contributed by atoms with van der Waals surface area (Å²) in [5.41, 5.74) is 6.99. The Morgan fingerprint density at radius 3 is 2.35 bits per heavy atom. The molecule has 2 aromatic rings. The van der Waals surface area contributed by atoms with E-state index < -0.39 is 0 Å². The molecule has 0 aliphatic rings. The van der Waals surface area contributed by atoms with Gasteiger partial charge in [-0.1, -0.05) is 23.2 Å². The van der Waals surface area contributed by atoms with Crippen molar-refractivity contribution in [2.24, 2.45) is 0 Å². The van der Waals surface area contributed by atoms with Gasteiger partial charge in [0.15, 0.2) is 11.6 Å². The van der Waals surface area contributed by atoms with Crippen molar-refractivity contribution in [1.82, 2.24) is 9.97 Å². The molecule has 2 N–H and O–H groups in total. The van der Waals surface area contributed by atoms with Gasteiger partial charge in [-0.2, -0.15) is 0 Å². The predicted molar refractivity (Wildman–Crippen MR) is 68.5 cm³/mol. The van der Waals surface area contributed by atoms with Gasteiger partial charge in [0.05, 0.1) is 7.11 Å². The van der Waals surface area contributed by atoms with Crippen LogP contribution in [0.1, 0.15) is 0 Å². The standard InChI is InChI=1S/C11H9Cl2N3O/c1-17-10-9(15-5-16-11(10)14)6-2-7(12)4-8(13)3-6/h2-5H,1H3,(H2,14,15,16). The topological polar surface area (TPSA) is 61.0 Å². The van der Waals surface area contributed by atoms with Gasteiger partial charge < -0.3 is 10.5 Å². The number of methoxy groups -OCH3 is 1. The number of hydrogen-bond donors (Lipinski definition) is 1. The predicted octanol–water partition coefficient (Wildman–Crippen LogP) is 3.04. The molecule has 6 heteroatoms. The van der Waals surface area contributed by atoms with Crippen LogP contribution < -0.4 is 10.5 Å². The number of nitrogen functional groups attached to an aromatic ring is 1. The number of halogens is 2. The van der Waals surface area contributed by atoms with Gasteiger partial charge in [-0.15, -0.1) is 0 Å². The lowest BCUT2D eigenvalue weighted by molar-refractivity contribution is 0.415. The van der Waals surface area contributed by atoms with Crippen molar-refractivity contribution in [3.05, 3.63) is 34.6 Å². The van der Waals surface area contributed by atoms with Gasteiger partial charge in [-0.05, 0) is 18.2 Å². The summed E-state index contributed by atoms with van der Waals surface area (Å²) in [6, 6.07) is 5.11. The van der Waals surface area contributed by atoms with Crippen LogP contribution in [0.5, 0.6) is 5.75 Å². The van der Waals surface area contributed by atoms with Gasteiger partial charge in [0, 0.05) is 15.6 Å². The fraction of sp³-hybridized carbons (Fsp3) is 0.0909. The Hall–Kier alpha value is -1.52. The molecule has 0 spiro atoms. The maximum Gasteiger partial charge on any atom is 0.187 e. The van der Waals surface area contributed by atoms with Crippen LogP contribution in [0.4, 0.5) is 5.82 Å². The second-order valence-electron chi connectivity index (χ2n) is 3.30. The summed E-state index contributed by atoms with van der Waals surface area (Å²) >= 11 is 11.9. The van der Waals surface area contributed by atoms with E-state index in [0.717, 1.165) is 5.56 Å². The summed E-state index contributed by atoms with van der Waals surface area (Å²) in [5, 5.41) is 1.04. The maximum atomic E-state index is 5.94. The van der Waals surface area contributed by atoms with Gasteiger partial charge in [-0.25, -0.2) is 9.97 Å². The van der Waals surface area contributed by atoms with Crippen LogP contribution in [0.25, 0.3) is 11.3 Å². The maximum absolute atomic E-state index is 5.94. The molecule has 0 atom stereocenters. The zero-order valence-electron chi connectivity index (χ0n) is 8.95. The Morgan fingerprint density at radius 1 is 1.12 bits per heavy atom. The molecule has 0 saturated carbocycles. The number of ether oxygens (including phenoxy) is 1. The number of nitrogens with zero attached hydrogens (tertiary/aromatic N) is 2. The van der Waals surface area contributed by atoms with Crippen molar-refractivity contribution in [1.29, 1.82) is 0 Å². The molecular weight excluding hydrogens is 261 g/mol. The van der Waals surface area contributed by atoms with Gasteiger partial charge in [0.1, 0.15) is 12.0 Å². The quantitative estimate of drug-likeness (QED) is 0.911. The first-order valence-electron chi connectivity index (χ1n) is 4.72. The van der Waals surface area contributed by atoms with E-state index in [2.05, 4.69) is 9.97 Å². The molecule has 1 aromatic carbocycles. The van der Waals surface area contributed by atoms with Gasteiger partial charge >= 0.3 is 0 Å². The molecule has 0 amide bonds. The summed E-state index contributed by atoms with van der Waals surface area (Å²) in [6.45, 7) is 0. The van der Waals surface area contributed by atoms with E-state index in [-0.39, 0.29) is 5.82 Å². The second kappa shape index (κ2) is 4.77. The third-order valence-corrected chi connectivity index (χ3v) is 2.61. The number of nitrogens with two attached hydrogens (primary N) is 1. The molecule has 88 valence electrons. The molecule has 4 nitrogen and oxygen atoms in total. The Labute approximate surface area is 108 Å². The number of rotatable bonds is 2. The number of benzene rings is 1. The van der Waals surface area contributed by atoms with E-state index in [4.69, 9.17) is 33.7 Å². The molecule has 0 saturated heterocycles. The molecular formula is C11H9Cl2N3O. The summed E-state index contributed by atoms with van der Waals surface area (Å²) in [6.07, 6.45) is 1.36. The molecule has 2 rings (SSSR count).